The lowest BCUT2D eigenvalue weighted by Gasteiger charge is -2.00. The summed E-state index contributed by atoms with van der Waals surface area (Å²) in [6, 6.07) is 1.69. The zero-order valence-corrected chi connectivity index (χ0v) is 13.8. The summed E-state index contributed by atoms with van der Waals surface area (Å²) in [4.78, 5) is 16.2. The average molecular weight is 328 g/mol. The third-order valence-electron chi connectivity index (χ3n) is 2.81. The lowest BCUT2D eigenvalue weighted by Crippen LogP contribution is -2.25. The summed E-state index contributed by atoms with van der Waals surface area (Å²) in [6.45, 7) is 6.54. The van der Waals surface area contributed by atoms with Crippen LogP contribution < -0.4 is 5.32 Å². The van der Waals surface area contributed by atoms with Crippen LogP contribution >= 0.6 is 22.9 Å². The highest BCUT2D eigenvalue weighted by Crippen LogP contribution is 2.23. The molecule has 0 fully saturated rings. The average Bonchev–Trinajstić information content (AvgIpc) is 2.97. The van der Waals surface area contributed by atoms with Crippen molar-refractivity contribution in [2.45, 2.75) is 33.6 Å². The molecule has 21 heavy (non-hydrogen) atoms. The Bertz CT molecular complexity index is 602. The van der Waals surface area contributed by atoms with E-state index in [9.17, 15) is 4.79 Å². The number of rotatable bonds is 6. The largest absolute Gasteiger partial charge is 0.351 e. The van der Waals surface area contributed by atoms with Crippen LogP contribution in [-0.4, -0.2) is 22.6 Å². The van der Waals surface area contributed by atoms with Crippen molar-refractivity contribution < 1.29 is 9.32 Å². The maximum Gasteiger partial charge on any atom is 0.289 e. The van der Waals surface area contributed by atoms with Crippen LogP contribution in [0.4, 0.5) is 0 Å². The van der Waals surface area contributed by atoms with Crippen LogP contribution in [0.1, 0.15) is 40.8 Å². The number of hydrogen-bond donors (Lipinski definition) is 1. The van der Waals surface area contributed by atoms with E-state index in [1.54, 1.807) is 6.07 Å². The summed E-state index contributed by atoms with van der Waals surface area (Å²) in [5, 5.41) is 7.60. The second kappa shape index (κ2) is 7.04. The van der Waals surface area contributed by atoms with Gasteiger partial charge in [0.05, 0.1) is 16.4 Å². The first-order valence-electron chi connectivity index (χ1n) is 6.81. The third kappa shape index (κ3) is 4.54. The SMILES string of the molecule is Cc1nc(CCNC(=O)c2cc(CC(C)C)no2)sc1Cl. The molecule has 0 saturated carbocycles. The number of carbonyl (C=O) groups excluding carboxylic acids is 1. The first-order valence-corrected chi connectivity index (χ1v) is 8.00. The standard InChI is InChI=1S/C14H18ClN3O2S/c1-8(2)6-10-7-11(20-18-10)14(19)16-5-4-12-17-9(3)13(15)21-12/h7-8H,4-6H2,1-3H3,(H,16,19). The van der Waals surface area contributed by atoms with Crippen LogP contribution in [0.3, 0.4) is 0 Å². The molecule has 0 radical (unpaired) electrons. The summed E-state index contributed by atoms with van der Waals surface area (Å²) < 4.78 is 5.76. The number of amides is 1. The lowest BCUT2D eigenvalue weighted by molar-refractivity contribution is 0.0917. The summed E-state index contributed by atoms with van der Waals surface area (Å²) in [5.41, 5.74) is 1.63. The molecule has 1 amide bonds. The van der Waals surface area contributed by atoms with E-state index in [4.69, 9.17) is 16.1 Å². The number of nitrogens with one attached hydrogen (secondary N) is 1. The van der Waals surface area contributed by atoms with Gasteiger partial charge < -0.3 is 9.84 Å². The van der Waals surface area contributed by atoms with Gasteiger partial charge in [0.25, 0.3) is 5.91 Å². The molecule has 0 aliphatic carbocycles. The molecule has 0 unspecified atom stereocenters. The van der Waals surface area contributed by atoms with Crippen LogP contribution in [0.2, 0.25) is 4.34 Å². The monoisotopic (exact) mass is 327 g/mol. The Kier molecular flexibility index (Phi) is 5.36. The van der Waals surface area contributed by atoms with Crippen LogP contribution in [-0.2, 0) is 12.8 Å². The van der Waals surface area contributed by atoms with Crippen molar-refractivity contribution in [3.8, 4) is 0 Å². The zero-order valence-electron chi connectivity index (χ0n) is 12.3. The van der Waals surface area contributed by atoms with Gasteiger partial charge in [-0.1, -0.05) is 30.6 Å². The minimum absolute atomic E-state index is 0.249. The molecule has 7 heteroatoms. The normalized spacial score (nSPS) is 11.1. The second-order valence-corrected chi connectivity index (χ2v) is 6.94. The van der Waals surface area contributed by atoms with Gasteiger partial charge in [-0.2, -0.15) is 0 Å². The Morgan fingerprint density at radius 3 is 2.90 bits per heavy atom. The predicted molar refractivity (Wildman–Crippen MR) is 82.9 cm³/mol. The number of aromatic nitrogens is 2. The van der Waals surface area contributed by atoms with Gasteiger partial charge in [-0.05, 0) is 19.3 Å². The third-order valence-corrected chi connectivity index (χ3v) is 4.32. The number of aryl methyl sites for hydroxylation is 1. The van der Waals surface area contributed by atoms with Gasteiger partial charge in [-0.15, -0.1) is 11.3 Å². The molecule has 0 spiro atoms. The van der Waals surface area contributed by atoms with Crippen molar-refractivity contribution in [3.05, 3.63) is 32.6 Å². The minimum atomic E-state index is -0.253. The topological polar surface area (TPSA) is 68.0 Å². The number of hydrogen-bond acceptors (Lipinski definition) is 5. The molecule has 0 aliphatic heterocycles. The quantitative estimate of drug-likeness (QED) is 0.884. The number of carbonyl (C=O) groups is 1. The molecule has 2 heterocycles. The van der Waals surface area contributed by atoms with Gasteiger partial charge in [0, 0.05) is 19.0 Å². The maximum atomic E-state index is 11.9. The van der Waals surface area contributed by atoms with E-state index in [2.05, 4.69) is 29.3 Å². The maximum absolute atomic E-state index is 11.9. The van der Waals surface area contributed by atoms with Crippen molar-refractivity contribution in [3.63, 3.8) is 0 Å². The second-order valence-electron chi connectivity index (χ2n) is 5.25. The van der Waals surface area contributed by atoms with Gasteiger partial charge in [0.2, 0.25) is 5.76 Å². The fourth-order valence-corrected chi connectivity index (χ4v) is 2.94. The van der Waals surface area contributed by atoms with Crippen molar-refractivity contribution >= 4 is 28.8 Å². The fraction of sp³-hybridized carbons (Fsp3) is 0.500. The highest BCUT2D eigenvalue weighted by Gasteiger charge is 2.13. The first-order chi connectivity index (χ1) is 9.95. The minimum Gasteiger partial charge on any atom is -0.351 e. The van der Waals surface area contributed by atoms with Crippen molar-refractivity contribution in [2.75, 3.05) is 6.54 Å². The summed E-state index contributed by atoms with van der Waals surface area (Å²) >= 11 is 7.40. The van der Waals surface area contributed by atoms with Gasteiger partial charge in [0.15, 0.2) is 0 Å². The molecular weight excluding hydrogens is 310 g/mol. The van der Waals surface area contributed by atoms with Crippen molar-refractivity contribution in [1.82, 2.24) is 15.5 Å². The Labute approximate surface area is 132 Å². The van der Waals surface area contributed by atoms with E-state index >= 15 is 0 Å². The Balaban J connectivity index is 1.82. The summed E-state index contributed by atoms with van der Waals surface area (Å²) in [7, 11) is 0. The Morgan fingerprint density at radius 2 is 2.29 bits per heavy atom. The summed E-state index contributed by atoms with van der Waals surface area (Å²) in [6.07, 6.45) is 1.45. The highest BCUT2D eigenvalue weighted by molar-refractivity contribution is 7.16. The van der Waals surface area contributed by atoms with E-state index in [1.165, 1.54) is 11.3 Å². The zero-order chi connectivity index (χ0) is 15.4. The molecule has 114 valence electrons. The number of nitrogens with zero attached hydrogens (tertiary/aromatic N) is 2. The lowest BCUT2D eigenvalue weighted by atomic mass is 10.1. The molecule has 2 aromatic rings. The highest BCUT2D eigenvalue weighted by atomic mass is 35.5. The first kappa shape index (κ1) is 16.0. The van der Waals surface area contributed by atoms with Gasteiger partial charge in [-0.3, -0.25) is 4.79 Å². The summed E-state index contributed by atoms with van der Waals surface area (Å²) in [5.74, 6) is 0.472. The molecule has 0 aromatic carbocycles. The van der Waals surface area contributed by atoms with E-state index in [1.807, 2.05) is 6.92 Å². The van der Waals surface area contributed by atoms with E-state index in [0.717, 1.165) is 22.8 Å². The Morgan fingerprint density at radius 1 is 1.52 bits per heavy atom. The molecule has 0 atom stereocenters. The van der Waals surface area contributed by atoms with Crippen molar-refractivity contribution in [1.29, 1.82) is 0 Å². The number of thiazole rings is 1. The van der Waals surface area contributed by atoms with E-state index < -0.39 is 0 Å². The van der Waals surface area contributed by atoms with Crippen LogP contribution in [0.15, 0.2) is 10.6 Å². The predicted octanol–water partition coefficient (Wildman–Crippen LogP) is 3.26. The fourth-order valence-electron chi connectivity index (χ4n) is 1.84. The molecule has 1 N–H and O–H groups in total. The molecular formula is C14H18ClN3O2S. The van der Waals surface area contributed by atoms with Gasteiger partial charge in [0.1, 0.15) is 4.34 Å². The Hall–Kier alpha value is -1.40. The molecule has 0 aliphatic rings. The van der Waals surface area contributed by atoms with Crippen LogP contribution in [0.25, 0.3) is 0 Å². The van der Waals surface area contributed by atoms with Crippen molar-refractivity contribution in [2.24, 2.45) is 5.92 Å². The molecule has 0 bridgehead atoms. The molecule has 2 aromatic heterocycles. The van der Waals surface area contributed by atoms with Crippen LogP contribution in [0.5, 0.6) is 0 Å². The smallest absolute Gasteiger partial charge is 0.289 e. The number of halogens is 1. The van der Waals surface area contributed by atoms with E-state index in [0.29, 0.717) is 23.2 Å². The molecule has 0 saturated heterocycles. The van der Waals surface area contributed by atoms with E-state index in [-0.39, 0.29) is 11.7 Å². The van der Waals surface area contributed by atoms with Gasteiger partial charge >= 0.3 is 0 Å². The molecule has 2 rings (SSSR count). The van der Waals surface area contributed by atoms with Gasteiger partial charge in [-0.25, -0.2) is 4.98 Å². The molecule has 5 nitrogen and oxygen atoms in total. The van der Waals surface area contributed by atoms with Crippen LogP contribution in [0, 0.1) is 12.8 Å².